The van der Waals surface area contributed by atoms with Gasteiger partial charge in [-0.1, -0.05) is 6.07 Å². The van der Waals surface area contributed by atoms with Crippen molar-refractivity contribution in [2.75, 3.05) is 12.4 Å². The Morgan fingerprint density at radius 2 is 1.70 bits per heavy atom. The Bertz CT molecular complexity index is 799. The molecule has 0 radical (unpaired) electrons. The smallest absolute Gasteiger partial charge is 0.411 e. The van der Waals surface area contributed by atoms with E-state index in [0.717, 1.165) is 0 Å². The minimum atomic E-state index is -3.94. The summed E-state index contributed by atoms with van der Waals surface area (Å²) in [6.45, 7) is 3.46. The average molecular weight is 335 g/mol. The average Bonchev–Trinajstić information content (AvgIpc) is 2.46. The number of carbonyl (C=O) groups excluding carboxylic acids is 1. The van der Waals surface area contributed by atoms with Crippen LogP contribution in [0.4, 0.5) is 16.4 Å². The highest BCUT2D eigenvalue weighted by molar-refractivity contribution is 7.94. The Labute approximate surface area is 134 Å². The lowest BCUT2D eigenvalue weighted by atomic mass is 10.3. The largest absolute Gasteiger partial charge is 0.453 e. The van der Waals surface area contributed by atoms with Crippen molar-refractivity contribution in [3.63, 3.8) is 0 Å². The molecular formula is C14H15N4O4S-. The van der Waals surface area contributed by atoms with Gasteiger partial charge < -0.3 is 14.7 Å². The first-order valence-corrected chi connectivity index (χ1v) is 7.99. The van der Waals surface area contributed by atoms with Crippen LogP contribution in [0.3, 0.4) is 0 Å². The molecule has 0 bridgehead atoms. The van der Waals surface area contributed by atoms with Crippen LogP contribution in [-0.2, 0) is 14.8 Å². The van der Waals surface area contributed by atoms with Crippen LogP contribution >= 0.6 is 0 Å². The third-order valence-electron chi connectivity index (χ3n) is 2.76. The van der Waals surface area contributed by atoms with Crippen LogP contribution < -0.4 is 5.32 Å². The number of hydrogen-bond donors (Lipinski definition) is 1. The molecule has 0 fully saturated rings. The van der Waals surface area contributed by atoms with E-state index in [1.165, 1.54) is 31.4 Å². The predicted octanol–water partition coefficient (Wildman–Crippen LogP) is 2.67. The molecule has 0 aliphatic heterocycles. The SMILES string of the molecule is COC(=O)Nc1ccc(S(=O)(=O)[N-]c2nc(C)cc(C)n2)cc1. The van der Waals surface area contributed by atoms with E-state index >= 15 is 0 Å². The molecule has 122 valence electrons. The molecule has 1 aromatic carbocycles. The van der Waals surface area contributed by atoms with Gasteiger partial charge in [-0.2, -0.15) is 0 Å². The number of benzene rings is 1. The number of nitrogens with one attached hydrogen (secondary N) is 1. The minimum absolute atomic E-state index is 0.0318. The fourth-order valence-electron chi connectivity index (χ4n) is 1.79. The highest BCUT2D eigenvalue weighted by atomic mass is 32.2. The minimum Gasteiger partial charge on any atom is -0.453 e. The van der Waals surface area contributed by atoms with Gasteiger partial charge in [0, 0.05) is 11.6 Å². The highest BCUT2D eigenvalue weighted by Crippen LogP contribution is 2.25. The summed E-state index contributed by atoms with van der Waals surface area (Å²) in [6, 6.07) is 7.24. The maximum Gasteiger partial charge on any atom is 0.411 e. The molecule has 1 heterocycles. The first-order chi connectivity index (χ1) is 10.8. The highest BCUT2D eigenvalue weighted by Gasteiger charge is 2.12. The van der Waals surface area contributed by atoms with Gasteiger partial charge in [-0.15, -0.1) is 0 Å². The fraction of sp³-hybridized carbons (Fsp3) is 0.214. The van der Waals surface area contributed by atoms with Gasteiger partial charge in [0.15, 0.2) is 0 Å². The maximum atomic E-state index is 12.3. The molecule has 0 atom stereocenters. The third kappa shape index (κ3) is 4.39. The lowest BCUT2D eigenvalue weighted by Gasteiger charge is -2.15. The van der Waals surface area contributed by atoms with E-state index in [2.05, 4.69) is 24.7 Å². The quantitative estimate of drug-likeness (QED) is 0.919. The molecule has 2 rings (SSSR count). The molecule has 0 unspecified atom stereocenters. The van der Waals surface area contributed by atoms with E-state index in [1.807, 2.05) is 0 Å². The van der Waals surface area contributed by atoms with Gasteiger partial charge >= 0.3 is 6.09 Å². The monoisotopic (exact) mass is 335 g/mol. The molecule has 0 saturated heterocycles. The van der Waals surface area contributed by atoms with Gasteiger partial charge in [-0.3, -0.25) is 10.0 Å². The molecule has 23 heavy (non-hydrogen) atoms. The second-order valence-corrected chi connectivity index (χ2v) is 6.26. The second-order valence-electron chi connectivity index (χ2n) is 4.66. The Kier molecular flexibility index (Phi) is 4.80. The molecule has 1 N–H and O–H groups in total. The van der Waals surface area contributed by atoms with Crippen LogP contribution in [0.15, 0.2) is 35.2 Å². The Hall–Kier alpha value is -2.68. The molecule has 0 aliphatic rings. The number of aromatic nitrogens is 2. The molecule has 1 aromatic heterocycles. The zero-order valence-corrected chi connectivity index (χ0v) is 13.6. The van der Waals surface area contributed by atoms with Crippen LogP contribution in [0.5, 0.6) is 0 Å². The standard InChI is InChI=1S/C14H16N4O4S/c1-9-8-10(2)16-13(15-9)18-23(20,21)12-6-4-11(5-7-12)17-14(19)22-3/h4-8H,1-3H3,(H2,15,16,17,18,19)/p-1. The number of ether oxygens (including phenoxy) is 1. The molecule has 2 aromatic rings. The molecule has 0 aliphatic carbocycles. The second kappa shape index (κ2) is 6.61. The number of nitrogens with zero attached hydrogens (tertiary/aromatic N) is 3. The van der Waals surface area contributed by atoms with E-state index in [0.29, 0.717) is 17.1 Å². The van der Waals surface area contributed by atoms with E-state index in [1.54, 1.807) is 19.9 Å². The molecule has 8 nitrogen and oxygen atoms in total. The zero-order chi connectivity index (χ0) is 17.0. The van der Waals surface area contributed by atoms with Gasteiger partial charge in [0.1, 0.15) is 0 Å². The number of carbonyl (C=O) groups is 1. The summed E-state index contributed by atoms with van der Waals surface area (Å²) >= 11 is 0. The van der Waals surface area contributed by atoms with Gasteiger partial charge in [0.2, 0.25) is 10.0 Å². The van der Waals surface area contributed by atoms with Gasteiger partial charge in [0.05, 0.1) is 12.0 Å². The Balaban J connectivity index is 2.20. The van der Waals surface area contributed by atoms with E-state index < -0.39 is 16.1 Å². The molecule has 0 saturated carbocycles. The fourth-order valence-corrected chi connectivity index (χ4v) is 2.67. The van der Waals surface area contributed by atoms with Gasteiger partial charge in [-0.25, -0.2) is 13.2 Å². The third-order valence-corrected chi connectivity index (χ3v) is 4.03. The predicted molar refractivity (Wildman–Crippen MR) is 84.2 cm³/mol. The summed E-state index contributed by atoms with van der Waals surface area (Å²) in [4.78, 5) is 19.0. The van der Waals surface area contributed by atoms with Crippen LogP contribution in [0, 0.1) is 13.8 Å². The molecule has 0 spiro atoms. The lowest BCUT2D eigenvalue weighted by Crippen LogP contribution is -2.10. The van der Waals surface area contributed by atoms with E-state index in [9.17, 15) is 13.2 Å². The molecular weight excluding hydrogens is 320 g/mol. The zero-order valence-electron chi connectivity index (χ0n) is 12.8. The van der Waals surface area contributed by atoms with Gasteiger partial charge in [-0.05, 0) is 49.5 Å². The van der Waals surface area contributed by atoms with Crippen LogP contribution in [0.1, 0.15) is 11.4 Å². The number of hydrogen-bond acceptors (Lipinski definition) is 6. The number of methoxy groups -OCH3 is 1. The van der Waals surface area contributed by atoms with E-state index in [4.69, 9.17) is 0 Å². The summed E-state index contributed by atoms with van der Waals surface area (Å²) in [5, 5.41) is 2.42. The molecule has 1 amide bonds. The summed E-state index contributed by atoms with van der Waals surface area (Å²) in [5.41, 5.74) is 1.66. The summed E-state index contributed by atoms with van der Waals surface area (Å²) in [7, 11) is -2.71. The summed E-state index contributed by atoms with van der Waals surface area (Å²) in [5.74, 6) is -0.112. The number of anilines is 1. The maximum absolute atomic E-state index is 12.3. The van der Waals surface area contributed by atoms with Gasteiger partial charge in [0.25, 0.3) is 0 Å². The van der Waals surface area contributed by atoms with Crippen LogP contribution in [-0.4, -0.2) is 31.6 Å². The number of sulfonamides is 1. The van der Waals surface area contributed by atoms with Crippen molar-refractivity contribution in [1.29, 1.82) is 0 Å². The van der Waals surface area contributed by atoms with Crippen molar-refractivity contribution < 1.29 is 17.9 Å². The number of rotatable bonds is 4. The lowest BCUT2D eigenvalue weighted by molar-refractivity contribution is 0.187. The first kappa shape index (κ1) is 16.7. The van der Waals surface area contributed by atoms with Crippen molar-refractivity contribution in [2.45, 2.75) is 18.7 Å². The van der Waals surface area contributed by atoms with Crippen LogP contribution in [0.25, 0.3) is 4.72 Å². The van der Waals surface area contributed by atoms with Crippen molar-refractivity contribution in [3.8, 4) is 0 Å². The van der Waals surface area contributed by atoms with Crippen LogP contribution in [0.2, 0.25) is 0 Å². The number of aryl methyl sites for hydroxylation is 2. The Morgan fingerprint density at radius 1 is 1.13 bits per heavy atom. The van der Waals surface area contributed by atoms with Crippen molar-refractivity contribution in [2.24, 2.45) is 0 Å². The molecule has 9 heteroatoms. The summed E-state index contributed by atoms with van der Waals surface area (Å²) in [6.07, 6.45) is -0.645. The summed E-state index contributed by atoms with van der Waals surface area (Å²) < 4.78 is 32.6. The normalized spacial score (nSPS) is 10.9. The van der Waals surface area contributed by atoms with E-state index in [-0.39, 0.29) is 10.8 Å². The van der Waals surface area contributed by atoms with Crippen molar-refractivity contribution in [1.82, 2.24) is 9.97 Å². The number of amides is 1. The first-order valence-electron chi connectivity index (χ1n) is 6.55. The topological polar surface area (TPSA) is 112 Å². The van der Waals surface area contributed by atoms with Crippen molar-refractivity contribution >= 4 is 27.8 Å². The van der Waals surface area contributed by atoms with Crippen molar-refractivity contribution in [3.05, 3.63) is 46.4 Å². The Morgan fingerprint density at radius 3 is 2.22 bits per heavy atom.